The average Bonchev–Trinajstić information content (AvgIpc) is 2.72. The molecular formula is C22H29N3O2. The van der Waals surface area contributed by atoms with E-state index in [2.05, 4.69) is 34.6 Å². The largest absolute Gasteiger partial charge is 0.497 e. The summed E-state index contributed by atoms with van der Waals surface area (Å²) in [6.45, 7) is 5.35. The minimum Gasteiger partial charge on any atom is -0.497 e. The summed E-state index contributed by atoms with van der Waals surface area (Å²) in [5.74, 6) is 1.62. The minimum absolute atomic E-state index is 0.0279. The predicted octanol–water partition coefficient (Wildman–Crippen LogP) is 3.66. The maximum Gasteiger partial charge on any atom is 0.239 e. The molecule has 2 N–H and O–H groups in total. The van der Waals surface area contributed by atoms with Gasteiger partial charge < -0.3 is 20.3 Å². The summed E-state index contributed by atoms with van der Waals surface area (Å²) >= 11 is 0. The van der Waals surface area contributed by atoms with E-state index in [-0.39, 0.29) is 12.5 Å². The van der Waals surface area contributed by atoms with Crippen LogP contribution in [0.3, 0.4) is 0 Å². The second-order valence-corrected chi connectivity index (χ2v) is 7.19. The molecule has 0 spiro atoms. The lowest BCUT2D eigenvalue weighted by molar-refractivity contribution is -0.119. The zero-order chi connectivity index (χ0) is 19.1. The molecule has 1 saturated heterocycles. The Labute approximate surface area is 161 Å². The Morgan fingerprint density at radius 3 is 2.37 bits per heavy atom. The zero-order valence-electron chi connectivity index (χ0n) is 16.2. The summed E-state index contributed by atoms with van der Waals surface area (Å²) in [5, 5.41) is 6.11. The van der Waals surface area contributed by atoms with Crippen LogP contribution in [0, 0.1) is 5.92 Å². The third kappa shape index (κ3) is 5.64. The summed E-state index contributed by atoms with van der Waals surface area (Å²) in [6, 6.07) is 16.0. The van der Waals surface area contributed by atoms with Crippen molar-refractivity contribution in [2.75, 3.05) is 37.0 Å². The van der Waals surface area contributed by atoms with Crippen molar-refractivity contribution in [3.05, 3.63) is 54.1 Å². The van der Waals surface area contributed by atoms with Crippen molar-refractivity contribution in [1.29, 1.82) is 0 Å². The van der Waals surface area contributed by atoms with E-state index in [1.807, 2.05) is 36.4 Å². The number of carbonyl (C=O) groups is 1. The van der Waals surface area contributed by atoms with Crippen molar-refractivity contribution in [3.8, 4) is 5.75 Å². The molecule has 2 aromatic rings. The summed E-state index contributed by atoms with van der Waals surface area (Å²) in [5.41, 5.74) is 3.27. The molecule has 144 valence electrons. The number of anilines is 2. The maximum atomic E-state index is 12.1. The van der Waals surface area contributed by atoms with E-state index in [0.717, 1.165) is 36.0 Å². The van der Waals surface area contributed by atoms with E-state index in [1.165, 1.54) is 18.5 Å². The summed E-state index contributed by atoms with van der Waals surface area (Å²) in [4.78, 5) is 14.5. The van der Waals surface area contributed by atoms with Crippen molar-refractivity contribution >= 4 is 17.3 Å². The summed E-state index contributed by atoms with van der Waals surface area (Å²) in [6.07, 6.45) is 2.52. The monoisotopic (exact) mass is 367 g/mol. The van der Waals surface area contributed by atoms with E-state index >= 15 is 0 Å². The van der Waals surface area contributed by atoms with E-state index in [1.54, 1.807) is 7.11 Å². The number of hydrogen-bond donors (Lipinski definition) is 2. The number of rotatable bonds is 7. The van der Waals surface area contributed by atoms with Crippen LogP contribution in [-0.2, 0) is 11.3 Å². The van der Waals surface area contributed by atoms with Crippen molar-refractivity contribution in [3.63, 3.8) is 0 Å². The number of piperidine rings is 1. The number of methoxy groups -OCH3 is 1. The molecule has 0 unspecified atom stereocenters. The Morgan fingerprint density at radius 1 is 1.07 bits per heavy atom. The highest BCUT2D eigenvalue weighted by atomic mass is 16.5. The smallest absolute Gasteiger partial charge is 0.239 e. The lowest BCUT2D eigenvalue weighted by atomic mass is 9.99. The van der Waals surface area contributed by atoms with Gasteiger partial charge in [0.05, 0.1) is 13.7 Å². The van der Waals surface area contributed by atoms with Crippen LogP contribution >= 0.6 is 0 Å². The van der Waals surface area contributed by atoms with Gasteiger partial charge in [0.15, 0.2) is 0 Å². The molecule has 3 rings (SSSR count). The lowest BCUT2D eigenvalue weighted by Crippen LogP contribution is -2.32. The highest BCUT2D eigenvalue weighted by molar-refractivity contribution is 5.80. The molecule has 1 aliphatic heterocycles. The molecule has 1 heterocycles. The quantitative estimate of drug-likeness (QED) is 0.784. The minimum atomic E-state index is -0.0279. The van der Waals surface area contributed by atoms with Crippen LogP contribution in [0.15, 0.2) is 48.5 Å². The molecule has 0 atom stereocenters. The Hall–Kier alpha value is -2.69. The first-order valence-corrected chi connectivity index (χ1v) is 9.62. The van der Waals surface area contributed by atoms with Gasteiger partial charge in [-0.1, -0.05) is 19.1 Å². The molecule has 5 nitrogen and oxygen atoms in total. The van der Waals surface area contributed by atoms with Crippen LogP contribution in [0.25, 0.3) is 0 Å². The number of ether oxygens (including phenoxy) is 1. The van der Waals surface area contributed by atoms with Crippen LogP contribution in [0.5, 0.6) is 5.75 Å². The second-order valence-electron chi connectivity index (χ2n) is 7.19. The SMILES string of the molecule is COc1ccc(CNC(=O)CNc2ccc(N3CCC(C)CC3)cc2)cc1. The van der Waals surface area contributed by atoms with Gasteiger partial charge in [0.1, 0.15) is 5.75 Å². The first-order valence-electron chi connectivity index (χ1n) is 9.62. The zero-order valence-corrected chi connectivity index (χ0v) is 16.2. The fourth-order valence-corrected chi connectivity index (χ4v) is 3.25. The molecule has 0 radical (unpaired) electrons. The topological polar surface area (TPSA) is 53.6 Å². The van der Waals surface area contributed by atoms with Gasteiger partial charge in [-0.05, 0) is 60.7 Å². The van der Waals surface area contributed by atoms with Crippen LogP contribution in [0.2, 0.25) is 0 Å². The van der Waals surface area contributed by atoms with Crippen LogP contribution in [0.1, 0.15) is 25.3 Å². The Bertz CT molecular complexity index is 720. The number of amides is 1. The average molecular weight is 367 g/mol. The Balaban J connectivity index is 1.41. The van der Waals surface area contributed by atoms with Gasteiger partial charge in [-0.2, -0.15) is 0 Å². The van der Waals surface area contributed by atoms with Gasteiger partial charge in [0.25, 0.3) is 0 Å². The molecule has 1 fully saturated rings. The molecular weight excluding hydrogens is 338 g/mol. The van der Waals surface area contributed by atoms with Crippen molar-refractivity contribution < 1.29 is 9.53 Å². The number of nitrogens with zero attached hydrogens (tertiary/aromatic N) is 1. The molecule has 2 aromatic carbocycles. The predicted molar refractivity (Wildman–Crippen MR) is 110 cm³/mol. The normalized spacial score (nSPS) is 14.7. The number of benzene rings is 2. The van der Waals surface area contributed by atoms with Crippen LogP contribution in [-0.4, -0.2) is 32.7 Å². The summed E-state index contributed by atoms with van der Waals surface area (Å²) < 4.78 is 5.13. The van der Waals surface area contributed by atoms with Gasteiger partial charge in [-0.3, -0.25) is 4.79 Å². The fourth-order valence-electron chi connectivity index (χ4n) is 3.25. The maximum absolute atomic E-state index is 12.1. The van der Waals surface area contributed by atoms with Gasteiger partial charge in [-0.25, -0.2) is 0 Å². The summed E-state index contributed by atoms with van der Waals surface area (Å²) in [7, 11) is 1.64. The lowest BCUT2D eigenvalue weighted by Gasteiger charge is -2.32. The van der Waals surface area contributed by atoms with E-state index < -0.39 is 0 Å². The molecule has 27 heavy (non-hydrogen) atoms. The molecule has 5 heteroatoms. The van der Waals surface area contributed by atoms with Gasteiger partial charge in [0.2, 0.25) is 5.91 Å². The van der Waals surface area contributed by atoms with Gasteiger partial charge >= 0.3 is 0 Å². The van der Waals surface area contributed by atoms with E-state index in [9.17, 15) is 4.79 Å². The van der Waals surface area contributed by atoms with Crippen LogP contribution in [0.4, 0.5) is 11.4 Å². The standard InChI is InChI=1S/C22H29N3O2/c1-17-11-13-25(14-12-17)20-7-5-19(6-8-20)23-16-22(26)24-15-18-3-9-21(27-2)10-4-18/h3-10,17,23H,11-16H2,1-2H3,(H,24,26). The molecule has 0 bridgehead atoms. The number of nitrogens with one attached hydrogen (secondary N) is 2. The third-order valence-corrected chi connectivity index (χ3v) is 5.12. The molecule has 1 amide bonds. The highest BCUT2D eigenvalue weighted by Crippen LogP contribution is 2.24. The fraction of sp³-hybridized carbons (Fsp3) is 0.409. The Morgan fingerprint density at radius 2 is 1.74 bits per heavy atom. The molecule has 0 aromatic heterocycles. The Kier molecular flexibility index (Phi) is 6.58. The molecule has 0 saturated carbocycles. The second kappa shape index (κ2) is 9.31. The van der Waals surface area contributed by atoms with Crippen molar-refractivity contribution in [1.82, 2.24) is 5.32 Å². The van der Waals surface area contributed by atoms with E-state index in [4.69, 9.17) is 4.74 Å². The van der Waals surface area contributed by atoms with Gasteiger partial charge in [-0.15, -0.1) is 0 Å². The molecule has 0 aliphatic carbocycles. The number of hydrogen-bond acceptors (Lipinski definition) is 4. The van der Waals surface area contributed by atoms with E-state index in [0.29, 0.717) is 6.54 Å². The highest BCUT2D eigenvalue weighted by Gasteiger charge is 2.15. The van der Waals surface area contributed by atoms with Gasteiger partial charge in [0, 0.05) is 31.0 Å². The van der Waals surface area contributed by atoms with Crippen molar-refractivity contribution in [2.45, 2.75) is 26.3 Å². The van der Waals surface area contributed by atoms with Crippen molar-refractivity contribution in [2.24, 2.45) is 5.92 Å². The number of carbonyl (C=O) groups excluding carboxylic acids is 1. The first kappa shape index (κ1) is 19.1. The third-order valence-electron chi connectivity index (χ3n) is 5.12. The molecule has 1 aliphatic rings. The first-order chi connectivity index (χ1) is 13.1. The van der Waals surface area contributed by atoms with Crippen LogP contribution < -0.4 is 20.3 Å².